The third kappa shape index (κ3) is 2.94. The first-order chi connectivity index (χ1) is 9.20. The van der Waals surface area contributed by atoms with Gasteiger partial charge >= 0.3 is 0 Å². The van der Waals surface area contributed by atoms with E-state index in [9.17, 15) is 0 Å². The zero-order valence-corrected chi connectivity index (χ0v) is 11.8. The Morgan fingerprint density at radius 3 is 2.68 bits per heavy atom. The number of hydrogen-bond donors (Lipinski definition) is 0. The highest BCUT2D eigenvalue weighted by molar-refractivity contribution is 5.79. The molecule has 1 aromatic heterocycles. The van der Waals surface area contributed by atoms with Gasteiger partial charge in [-0.05, 0) is 37.7 Å². The lowest BCUT2D eigenvalue weighted by Crippen LogP contribution is -2.43. The van der Waals surface area contributed by atoms with E-state index in [0.29, 0.717) is 0 Å². The van der Waals surface area contributed by atoms with Crippen LogP contribution in [0.25, 0.3) is 10.9 Å². The zero-order valence-electron chi connectivity index (χ0n) is 11.8. The van der Waals surface area contributed by atoms with Crippen LogP contribution >= 0.6 is 0 Å². The summed E-state index contributed by atoms with van der Waals surface area (Å²) in [5.41, 5.74) is 3.71. The lowest BCUT2D eigenvalue weighted by molar-refractivity contribution is 0.148. The van der Waals surface area contributed by atoms with Gasteiger partial charge in [0.2, 0.25) is 0 Å². The van der Waals surface area contributed by atoms with Crippen molar-refractivity contribution >= 4 is 10.9 Å². The summed E-state index contributed by atoms with van der Waals surface area (Å²) >= 11 is 0. The second-order valence-corrected chi connectivity index (χ2v) is 5.62. The van der Waals surface area contributed by atoms with Crippen LogP contribution in [0.2, 0.25) is 0 Å². The molecular weight excluding hydrogens is 234 g/mol. The summed E-state index contributed by atoms with van der Waals surface area (Å²) < 4.78 is 0. The van der Waals surface area contributed by atoms with Gasteiger partial charge < -0.3 is 4.90 Å². The number of aromatic nitrogens is 1. The van der Waals surface area contributed by atoms with E-state index in [1.807, 2.05) is 6.20 Å². The van der Waals surface area contributed by atoms with Crippen LogP contribution in [0.3, 0.4) is 0 Å². The van der Waals surface area contributed by atoms with E-state index in [1.165, 1.54) is 29.6 Å². The first kappa shape index (κ1) is 12.6. The van der Waals surface area contributed by atoms with E-state index in [-0.39, 0.29) is 0 Å². The van der Waals surface area contributed by atoms with Gasteiger partial charge in [-0.15, -0.1) is 0 Å². The Bertz CT molecular complexity index is 571. The van der Waals surface area contributed by atoms with Crippen LogP contribution in [-0.4, -0.2) is 48.0 Å². The largest absolute Gasteiger partial charge is 0.304 e. The second kappa shape index (κ2) is 5.27. The lowest BCUT2D eigenvalue weighted by Gasteiger charge is -2.32. The van der Waals surface area contributed by atoms with Gasteiger partial charge in [-0.3, -0.25) is 9.88 Å². The lowest BCUT2D eigenvalue weighted by atomic mass is 10.1. The first-order valence-corrected chi connectivity index (χ1v) is 6.97. The molecule has 0 amide bonds. The van der Waals surface area contributed by atoms with Crippen LogP contribution in [-0.2, 0) is 6.54 Å². The van der Waals surface area contributed by atoms with Gasteiger partial charge in [0.15, 0.2) is 0 Å². The van der Waals surface area contributed by atoms with Crippen molar-refractivity contribution in [1.82, 2.24) is 14.8 Å². The van der Waals surface area contributed by atoms with Gasteiger partial charge in [-0.1, -0.05) is 11.6 Å². The minimum atomic E-state index is 1.02. The number of fused-ring (bicyclic) bond motifs is 1. The maximum absolute atomic E-state index is 4.57. The fraction of sp³-hybridized carbons (Fsp3) is 0.438. The highest BCUT2D eigenvalue weighted by atomic mass is 15.2. The van der Waals surface area contributed by atoms with Gasteiger partial charge in [0.1, 0.15) is 0 Å². The highest BCUT2D eigenvalue weighted by Gasteiger charge is 2.14. The normalized spacial score (nSPS) is 18.0. The predicted molar refractivity (Wildman–Crippen MR) is 79.3 cm³/mol. The summed E-state index contributed by atoms with van der Waals surface area (Å²) in [6, 6.07) is 8.73. The maximum atomic E-state index is 4.57. The summed E-state index contributed by atoms with van der Waals surface area (Å²) in [5.74, 6) is 0. The summed E-state index contributed by atoms with van der Waals surface area (Å²) in [4.78, 5) is 9.47. The molecule has 0 radical (unpaired) electrons. The Labute approximate surface area is 114 Å². The van der Waals surface area contributed by atoms with Crippen LogP contribution in [0.15, 0.2) is 30.5 Å². The van der Waals surface area contributed by atoms with E-state index in [0.717, 1.165) is 25.2 Å². The van der Waals surface area contributed by atoms with Crippen molar-refractivity contribution in [3.05, 3.63) is 41.6 Å². The molecule has 0 unspecified atom stereocenters. The number of likely N-dealkylation sites (N-methyl/N-ethyl adjacent to an activating group) is 1. The third-order valence-corrected chi connectivity index (χ3v) is 3.90. The molecule has 0 saturated carbocycles. The molecule has 1 fully saturated rings. The first-order valence-electron chi connectivity index (χ1n) is 6.97. The van der Waals surface area contributed by atoms with Crippen molar-refractivity contribution in [2.24, 2.45) is 0 Å². The Morgan fingerprint density at radius 2 is 1.89 bits per heavy atom. The summed E-state index contributed by atoms with van der Waals surface area (Å²) in [6.45, 7) is 7.79. The topological polar surface area (TPSA) is 19.4 Å². The third-order valence-electron chi connectivity index (χ3n) is 3.90. The molecule has 1 aliphatic heterocycles. The van der Waals surface area contributed by atoms with Gasteiger partial charge in [0.25, 0.3) is 0 Å². The van der Waals surface area contributed by atoms with E-state index in [2.05, 4.69) is 53.0 Å². The fourth-order valence-electron chi connectivity index (χ4n) is 2.65. The van der Waals surface area contributed by atoms with E-state index in [1.54, 1.807) is 0 Å². The SMILES string of the molecule is Cc1ccc2ncc(CN3CCN(C)CC3)cc2c1. The van der Waals surface area contributed by atoms with Crippen molar-refractivity contribution in [2.75, 3.05) is 33.2 Å². The summed E-state index contributed by atoms with van der Waals surface area (Å²) in [7, 11) is 2.19. The molecule has 2 aromatic rings. The zero-order chi connectivity index (χ0) is 13.2. The minimum Gasteiger partial charge on any atom is -0.304 e. The average Bonchev–Trinajstić information content (AvgIpc) is 2.41. The predicted octanol–water partition coefficient (Wildman–Crippen LogP) is 2.29. The van der Waals surface area contributed by atoms with Crippen molar-refractivity contribution in [2.45, 2.75) is 13.5 Å². The molecule has 1 saturated heterocycles. The van der Waals surface area contributed by atoms with Crippen molar-refractivity contribution in [3.8, 4) is 0 Å². The van der Waals surface area contributed by atoms with Crippen LogP contribution in [0.1, 0.15) is 11.1 Å². The molecule has 3 nitrogen and oxygen atoms in total. The quantitative estimate of drug-likeness (QED) is 0.821. The number of nitrogens with zero attached hydrogens (tertiary/aromatic N) is 3. The molecule has 0 atom stereocenters. The fourth-order valence-corrected chi connectivity index (χ4v) is 2.65. The molecule has 1 aliphatic rings. The molecule has 1 aromatic carbocycles. The number of pyridine rings is 1. The van der Waals surface area contributed by atoms with Crippen molar-refractivity contribution in [3.63, 3.8) is 0 Å². The van der Waals surface area contributed by atoms with E-state index >= 15 is 0 Å². The van der Waals surface area contributed by atoms with Gasteiger partial charge in [0, 0.05) is 44.3 Å². The second-order valence-electron chi connectivity index (χ2n) is 5.62. The number of benzene rings is 1. The Hall–Kier alpha value is -1.45. The molecule has 0 bridgehead atoms. The van der Waals surface area contributed by atoms with Gasteiger partial charge in [-0.2, -0.15) is 0 Å². The van der Waals surface area contributed by atoms with Crippen LogP contribution in [0.4, 0.5) is 0 Å². The number of aryl methyl sites for hydroxylation is 1. The molecule has 0 spiro atoms. The Balaban J connectivity index is 1.77. The number of piperazine rings is 1. The molecule has 0 aliphatic carbocycles. The average molecular weight is 255 g/mol. The van der Waals surface area contributed by atoms with Crippen molar-refractivity contribution < 1.29 is 0 Å². The minimum absolute atomic E-state index is 1.02. The Kier molecular flexibility index (Phi) is 3.49. The number of hydrogen-bond acceptors (Lipinski definition) is 3. The standard InChI is InChI=1S/C16H21N3/c1-13-3-4-16-15(9-13)10-14(11-17-16)12-19-7-5-18(2)6-8-19/h3-4,9-11H,5-8,12H2,1-2H3. The molecule has 3 rings (SSSR count). The molecule has 19 heavy (non-hydrogen) atoms. The monoisotopic (exact) mass is 255 g/mol. The van der Waals surface area contributed by atoms with E-state index < -0.39 is 0 Å². The van der Waals surface area contributed by atoms with Crippen LogP contribution in [0, 0.1) is 6.92 Å². The van der Waals surface area contributed by atoms with Crippen LogP contribution in [0.5, 0.6) is 0 Å². The van der Waals surface area contributed by atoms with Gasteiger partial charge in [0.05, 0.1) is 5.52 Å². The summed E-state index contributed by atoms with van der Waals surface area (Å²) in [5, 5.41) is 1.26. The molecule has 3 heteroatoms. The Morgan fingerprint density at radius 1 is 1.11 bits per heavy atom. The van der Waals surface area contributed by atoms with Crippen molar-refractivity contribution in [1.29, 1.82) is 0 Å². The molecule has 2 heterocycles. The van der Waals surface area contributed by atoms with Crippen LogP contribution < -0.4 is 0 Å². The number of rotatable bonds is 2. The highest BCUT2D eigenvalue weighted by Crippen LogP contribution is 2.16. The maximum Gasteiger partial charge on any atom is 0.0702 e. The smallest absolute Gasteiger partial charge is 0.0702 e. The molecular formula is C16H21N3. The summed E-state index contributed by atoms with van der Waals surface area (Å²) in [6.07, 6.45) is 2.02. The van der Waals surface area contributed by atoms with Gasteiger partial charge in [-0.25, -0.2) is 0 Å². The molecule has 0 N–H and O–H groups in total. The molecule has 100 valence electrons. The van der Waals surface area contributed by atoms with E-state index in [4.69, 9.17) is 0 Å².